The zero-order valence-electron chi connectivity index (χ0n) is 9.33. The van der Waals surface area contributed by atoms with Gasteiger partial charge in [0.2, 0.25) is 0 Å². The molecule has 0 aliphatic rings. The number of nitrogens with two attached hydrogens (primary N) is 1. The van der Waals surface area contributed by atoms with Gasteiger partial charge in [0.25, 0.3) is 0 Å². The molecular weight excluding hydrogens is 261 g/mol. The van der Waals surface area contributed by atoms with Gasteiger partial charge in [-0.05, 0) is 0 Å². The second-order valence-corrected chi connectivity index (χ2v) is 3.79. The summed E-state index contributed by atoms with van der Waals surface area (Å²) in [7, 11) is 0. The molecule has 0 aliphatic heterocycles. The van der Waals surface area contributed by atoms with Gasteiger partial charge in [-0.2, -0.15) is 18.3 Å². The van der Waals surface area contributed by atoms with Crippen LogP contribution in [0, 0.1) is 0 Å². The van der Waals surface area contributed by atoms with Crippen LogP contribution in [0.3, 0.4) is 0 Å². The van der Waals surface area contributed by atoms with Crippen molar-refractivity contribution in [1.82, 2.24) is 24.4 Å². The van der Waals surface area contributed by atoms with Crippen molar-refractivity contribution in [1.29, 1.82) is 0 Å². The van der Waals surface area contributed by atoms with Crippen molar-refractivity contribution < 1.29 is 13.2 Å². The highest BCUT2D eigenvalue weighted by Crippen LogP contribution is 2.29. The maximum absolute atomic E-state index is 12.6. The Morgan fingerprint density at radius 2 is 1.95 bits per heavy atom. The number of rotatable bonds is 1. The fraction of sp³-hybridized carbons (Fsp3) is 0.100. The molecule has 0 bridgehead atoms. The third-order valence-electron chi connectivity index (χ3n) is 2.49. The Morgan fingerprint density at radius 1 is 1.16 bits per heavy atom. The van der Waals surface area contributed by atoms with Gasteiger partial charge < -0.3 is 5.73 Å². The lowest BCUT2D eigenvalue weighted by molar-refractivity contribution is -0.141. The summed E-state index contributed by atoms with van der Waals surface area (Å²) >= 11 is 0. The minimum atomic E-state index is -4.51. The van der Waals surface area contributed by atoms with Gasteiger partial charge in [-0.15, -0.1) is 5.10 Å². The van der Waals surface area contributed by atoms with Crippen molar-refractivity contribution in [3.8, 4) is 5.82 Å². The van der Waals surface area contributed by atoms with E-state index in [1.165, 1.54) is 29.3 Å². The Hall–Kier alpha value is -2.58. The number of hydrogen-bond donors (Lipinski definition) is 1. The van der Waals surface area contributed by atoms with E-state index < -0.39 is 11.9 Å². The van der Waals surface area contributed by atoms with E-state index in [2.05, 4.69) is 15.2 Å². The molecule has 3 heterocycles. The van der Waals surface area contributed by atoms with Crippen molar-refractivity contribution >= 4 is 11.3 Å². The molecule has 0 unspecified atom stereocenters. The summed E-state index contributed by atoms with van der Waals surface area (Å²) < 4.78 is 40.3. The molecule has 2 N–H and O–H groups in total. The lowest BCUT2D eigenvalue weighted by atomic mass is 10.4. The highest BCUT2D eigenvalue weighted by molar-refractivity contribution is 5.61. The van der Waals surface area contributed by atoms with Gasteiger partial charge in [-0.1, -0.05) is 0 Å². The molecule has 0 saturated carbocycles. The molecule has 0 radical (unpaired) electrons. The molecule has 3 aromatic rings. The number of alkyl halides is 3. The number of fused-ring (bicyclic) bond motifs is 1. The average Bonchev–Trinajstić information content (AvgIpc) is 2.93. The third-order valence-corrected chi connectivity index (χ3v) is 2.49. The summed E-state index contributed by atoms with van der Waals surface area (Å²) in [5.74, 6) is 0.474. The summed E-state index contributed by atoms with van der Waals surface area (Å²) in [6.45, 7) is 0. The van der Waals surface area contributed by atoms with Crippen LogP contribution >= 0.6 is 0 Å². The van der Waals surface area contributed by atoms with Crippen molar-refractivity contribution in [3.05, 3.63) is 36.4 Å². The molecule has 0 atom stereocenters. The van der Waals surface area contributed by atoms with E-state index in [4.69, 9.17) is 5.73 Å². The topological polar surface area (TPSA) is 74.0 Å². The minimum Gasteiger partial charge on any atom is -0.382 e. The predicted molar refractivity (Wildman–Crippen MR) is 59.5 cm³/mol. The molecule has 0 aromatic carbocycles. The highest BCUT2D eigenvalue weighted by atomic mass is 19.4. The second kappa shape index (κ2) is 3.70. The quantitative estimate of drug-likeness (QED) is 0.726. The van der Waals surface area contributed by atoms with Gasteiger partial charge in [0, 0.05) is 30.7 Å². The molecule has 0 amide bonds. The number of aromatic nitrogens is 5. The van der Waals surface area contributed by atoms with E-state index in [9.17, 15) is 13.2 Å². The Morgan fingerprint density at radius 3 is 2.58 bits per heavy atom. The predicted octanol–water partition coefficient (Wildman–Crippen LogP) is 1.52. The van der Waals surface area contributed by atoms with E-state index in [0.29, 0.717) is 0 Å². The maximum Gasteiger partial charge on any atom is 0.435 e. The Bertz CT molecular complexity index is 741. The van der Waals surface area contributed by atoms with Crippen LogP contribution in [0.1, 0.15) is 5.69 Å². The first-order valence-electron chi connectivity index (χ1n) is 5.18. The molecule has 3 aromatic heterocycles. The summed E-state index contributed by atoms with van der Waals surface area (Å²) in [5, 5.41) is 7.37. The van der Waals surface area contributed by atoms with E-state index >= 15 is 0 Å². The molecule has 6 nitrogen and oxygen atoms in total. The van der Waals surface area contributed by atoms with Gasteiger partial charge in [0.15, 0.2) is 11.5 Å². The summed E-state index contributed by atoms with van der Waals surface area (Å²) in [6.07, 6.45) is -0.321. The van der Waals surface area contributed by atoms with Crippen LogP contribution in [0.25, 0.3) is 11.3 Å². The zero-order valence-corrected chi connectivity index (χ0v) is 9.33. The largest absolute Gasteiger partial charge is 0.435 e. The first-order chi connectivity index (χ1) is 8.95. The Kier molecular flexibility index (Phi) is 2.24. The highest BCUT2D eigenvalue weighted by Gasteiger charge is 2.34. The summed E-state index contributed by atoms with van der Waals surface area (Å²) in [5.41, 5.74) is 4.68. The van der Waals surface area contributed by atoms with Crippen LogP contribution in [0.5, 0.6) is 0 Å². The van der Waals surface area contributed by atoms with Gasteiger partial charge in [0.1, 0.15) is 11.3 Å². The molecule has 19 heavy (non-hydrogen) atoms. The van der Waals surface area contributed by atoms with Crippen LogP contribution < -0.4 is 5.73 Å². The average molecular weight is 268 g/mol. The lowest BCUT2D eigenvalue weighted by Gasteiger charge is -2.01. The first kappa shape index (κ1) is 11.5. The van der Waals surface area contributed by atoms with Crippen molar-refractivity contribution in [3.63, 3.8) is 0 Å². The molecule has 0 saturated heterocycles. The van der Waals surface area contributed by atoms with Crippen LogP contribution in [0.15, 0.2) is 30.7 Å². The van der Waals surface area contributed by atoms with Gasteiger partial charge in [0.05, 0.1) is 0 Å². The van der Waals surface area contributed by atoms with Crippen molar-refractivity contribution in [2.24, 2.45) is 0 Å². The number of nitrogen functional groups attached to an aromatic ring is 1. The fourth-order valence-corrected chi connectivity index (χ4v) is 1.68. The lowest BCUT2D eigenvalue weighted by Crippen LogP contribution is -2.05. The number of halogens is 3. The maximum atomic E-state index is 12.6. The number of hydrogen-bond acceptors (Lipinski definition) is 4. The monoisotopic (exact) mass is 268 g/mol. The number of anilines is 1. The standard InChI is InChI=1S/C10H7F3N6/c11-10(12,13)7-5-6-9(15-2-4-18(6)16-7)19-3-1-8(14)17-19/h1-5H,(H2,14,17). The first-order valence-corrected chi connectivity index (χ1v) is 5.18. The smallest absolute Gasteiger partial charge is 0.382 e. The molecule has 98 valence electrons. The molecule has 9 heteroatoms. The van der Waals surface area contributed by atoms with Crippen LogP contribution in [-0.4, -0.2) is 24.4 Å². The SMILES string of the molecule is Nc1ccn(-c2nccn3nc(C(F)(F)F)cc23)n1. The van der Waals surface area contributed by atoms with Crippen molar-refractivity contribution in [2.45, 2.75) is 6.18 Å². The minimum absolute atomic E-state index is 0.193. The van der Waals surface area contributed by atoms with E-state index in [1.54, 1.807) is 0 Å². The molecule has 3 rings (SSSR count). The van der Waals surface area contributed by atoms with Gasteiger partial charge in [-0.3, -0.25) is 0 Å². The summed E-state index contributed by atoms with van der Waals surface area (Å²) in [4.78, 5) is 4.00. The van der Waals surface area contributed by atoms with E-state index in [0.717, 1.165) is 10.6 Å². The Balaban J connectivity index is 2.23. The second-order valence-electron chi connectivity index (χ2n) is 3.79. The van der Waals surface area contributed by atoms with Crippen LogP contribution in [0.2, 0.25) is 0 Å². The van der Waals surface area contributed by atoms with Crippen LogP contribution in [0.4, 0.5) is 19.0 Å². The van der Waals surface area contributed by atoms with E-state index in [1.807, 2.05) is 0 Å². The molecule has 0 aliphatic carbocycles. The van der Waals surface area contributed by atoms with Crippen molar-refractivity contribution in [2.75, 3.05) is 5.73 Å². The van der Waals surface area contributed by atoms with Crippen LogP contribution in [-0.2, 0) is 6.18 Å². The number of nitrogens with zero attached hydrogens (tertiary/aromatic N) is 5. The molecule has 0 fully saturated rings. The molecular formula is C10H7F3N6. The Labute approximate surface area is 104 Å². The van der Waals surface area contributed by atoms with Gasteiger partial charge in [-0.25, -0.2) is 14.2 Å². The van der Waals surface area contributed by atoms with Gasteiger partial charge >= 0.3 is 6.18 Å². The van der Waals surface area contributed by atoms with E-state index in [-0.39, 0.29) is 17.2 Å². The fourth-order valence-electron chi connectivity index (χ4n) is 1.68. The zero-order chi connectivity index (χ0) is 13.6. The molecule has 0 spiro atoms. The normalized spacial score (nSPS) is 12.2. The summed E-state index contributed by atoms with van der Waals surface area (Å²) in [6, 6.07) is 2.44. The third kappa shape index (κ3) is 1.88.